The molecule has 0 aliphatic rings. The van der Waals surface area contributed by atoms with Crippen LogP contribution in [0.2, 0.25) is 0 Å². The number of aromatic nitrogens is 3. The Bertz CT molecular complexity index is 1150. The molecular formula is C22H27N5O5. The summed E-state index contributed by atoms with van der Waals surface area (Å²) in [5, 5.41) is 2.90. The summed E-state index contributed by atoms with van der Waals surface area (Å²) >= 11 is 0. The van der Waals surface area contributed by atoms with Crippen LogP contribution in [-0.4, -0.2) is 50.5 Å². The minimum Gasteiger partial charge on any atom is -0.444 e. The molecule has 10 heteroatoms. The van der Waals surface area contributed by atoms with Crippen LogP contribution in [0.1, 0.15) is 48.9 Å². The molecule has 0 saturated carbocycles. The number of nitrogens with zero attached hydrogens (tertiary/aromatic N) is 3. The molecule has 0 saturated heterocycles. The molecule has 10 nitrogen and oxygen atoms in total. The number of aryl methyl sites for hydroxylation is 1. The molecule has 3 heterocycles. The molecule has 0 bridgehead atoms. The van der Waals surface area contributed by atoms with Gasteiger partial charge in [-0.2, -0.15) is 0 Å². The van der Waals surface area contributed by atoms with E-state index in [1.165, 1.54) is 6.33 Å². The predicted octanol–water partition coefficient (Wildman–Crippen LogP) is 2.78. The van der Waals surface area contributed by atoms with Gasteiger partial charge < -0.3 is 24.4 Å². The standard InChI is InChI=1S/C22H27N5O5/c1-14-16(17-19(29)25-13-26-20(17)31-14)18(28)24-9-6-10-27(21(30)32-22(2,3)4)12-15-7-5-8-23-11-15/h5,7-8,11,13H,6,9-10,12H2,1-4H3,(H,24,28)(H,25,26,29). The number of furan rings is 1. The molecule has 0 atom stereocenters. The van der Waals surface area contributed by atoms with E-state index in [4.69, 9.17) is 9.15 Å². The first-order valence-corrected chi connectivity index (χ1v) is 10.3. The van der Waals surface area contributed by atoms with Crippen molar-refractivity contribution in [3.63, 3.8) is 0 Å². The third kappa shape index (κ3) is 5.71. The summed E-state index contributed by atoms with van der Waals surface area (Å²) in [6.07, 6.45) is 4.62. The maximum Gasteiger partial charge on any atom is 0.410 e. The summed E-state index contributed by atoms with van der Waals surface area (Å²) in [5.74, 6) is -0.121. The van der Waals surface area contributed by atoms with E-state index >= 15 is 0 Å². The van der Waals surface area contributed by atoms with Crippen molar-refractivity contribution in [1.82, 2.24) is 25.2 Å². The lowest BCUT2D eigenvalue weighted by Crippen LogP contribution is -2.38. The third-order valence-corrected chi connectivity index (χ3v) is 4.54. The van der Waals surface area contributed by atoms with E-state index in [1.54, 1.807) is 30.3 Å². The van der Waals surface area contributed by atoms with Crippen molar-refractivity contribution in [2.45, 2.75) is 46.3 Å². The van der Waals surface area contributed by atoms with Crippen molar-refractivity contribution < 1.29 is 18.7 Å². The molecule has 3 aromatic heterocycles. The highest BCUT2D eigenvalue weighted by atomic mass is 16.6. The molecule has 2 N–H and O–H groups in total. The number of hydrogen-bond acceptors (Lipinski definition) is 7. The van der Waals surface area contributed by atoms with Gasteiger partial charge in [0.2, 0.25) is 5.71 Å². The second-order valence-electron chi connectivity index (χ2n) is 8.32. The molecule has 0 aliphatic heterocycles. The first kappa shape index (κ1) is 23.0. The molecule has 0 spiro atoms. The van der Waals surface area contributed by atoms with E-state index in [0.717, 1.165) is 5.56 Å². The Morgan fingerprint density at radius 3 is 2.78 bits per heavy atom. The quantitative estimate of drug-likeness (QED) is 0.539. The van der Waals surface area contributed by atoms with Crippen molar-refractivity contribution in [1.29, 1.82) is 0 Å². The van der Waals surface area contributed by atoms with Gasteiger partial charge in [0.05, 0.1) is 18.4 Å². The molecule has 0 fully saturated rings. The molecule has 3 rings (SSSR count). The fourth-order valence-electron chi connectivity index (χ4n) is 3.16. The van der Waals surface area contributed by atoms with Crippen molar-refractivity contribution in [2.24, 2.45) is 0 Å². The van der Waals surface area contributed by atoms with Crippen LogP contribution in [0.4, 0.5) is 4.79 Å². The van der Waals surface area contributed by atoms with Gasteiger partial charge in [0, 0.05) is 25.5 Å². The van der Waals surface area contributed by atoms with Crippen LogP contribution in [0.15, 0.2) is 40.1 Å². The van der Waals surface area contributed by atoms with Crippen LogP contribution in [-0.2, 0) is 11.3 Å². The van der Waals surface area contributed by atoms with Gasteiger partial charge in [0.15, 0.2) is 0 Å². The Labute approximate surface area is 185 Å². The Hall–Kier alpha value is -3.69. The van der Waals surface area contributed by atoms with Gasteiger partial charge in [-0.3, -0.25) is 14.6 Å². The Morgan fingerprint density at radius 2 is 2.09 bits per heavy atom. The number of fused-ring (bicyclic) bond motifs is 1. The first-order valence-electron chi connectivity index (χ1n) is 10.3. The highest BCUT2D eigenvalue weighted by Crippen LogP contribution is 2.20. The molecule has 170 valence electrons. The monoisotopic (exact) mass is 441 g/mol. The smallest absolute Gasteiger partial charge is 0.410 e. The molecule has 32 heavy (non-hydrogen) atoms. The van der Waals surface area contributed by atoms with Gasteiger partial charge in [-0.1, -0.05) is 6.07 Å². The number of aromatic amines is 1. The lowest BCUT2D eigenvalue weighted by molar-refractivity contribution is 0.0232. The van der Waals surface area contributed by atoms with Crippen LogP contribution in [0.25, 0.3) is 11.1 Å². The number of carbonyl (C=O) groups is 2. The summed E-state index contributed by atoms with van der Waals surface area (Å²) in [6.45, 7) is 8.01. The van der Waals surface area contributed by atoms with E-state index in [0.29, 0.717) is 25.3 Å². The number of ether oxygens (including phenoxy) is 1. The maximum atomic E-state index is 12.7. The predicted molar refractivity (Wildman–Crippen MR) is 117 cm³/mol. The second kappa shape index (κ2) is 9.63. The van der Waals surface area contributed by atoms with E-state index in [1.807, 2.05) is 26.8 Å². The van der Waals surface area contributed by atoms with E-state index in [2.05, 4.69) is 20.3 Å². The van der Waals surface area contributed by atoms with Gasteiger partial charge in [0.25, 0.3) is 11.5 Å². The molecule has 2 amide bonds. The number of carbonyl (C=O) groups excluding carboxylic acids is 2. The summed E-state index contributed by atoms with van der Waals surface area (Å²) in [7, 11) is 0. The SMILES string of the molecule is Cc1oc2nc[nH]c(=O)c2c1C(=O)NCCCN(Cc1cccnc1)C(=O)OC(C)(C)C. The average Bonchev–Trinajstić information content (AvgIpc) is 3.07. The van der Waals surface area contributed by atoms with Crippen LogP contribution in [0, 0.1) is 6.92 Å². The van der Waals surface area contributed by atoms with Crippen molar-refractivity contribution in [3.8, 4) is 0 Å². The highest BCUT2D eigenvalue weighted by molar-refractivity contribution is 6.06. The summed E-state index contributed by atoms with van der Waals surface area (Å²) in [5.41, 5.74) is 0.0799. The molecule has 3 aromatic rings. The summed E-state index contributed by atoms with van der Waals surface area (Å²) < 4.78 is 10.9. The zero-order valence-corrected chi connectivity index (χ0v) is 18.6. The van der Waals surface area contributed by atoms with Gasteiger partial charge in [0.1, 0.15) is 16.7 Å². The van der Waals surface area contributed by atoms with E-state index in [9.17, 15) is 14.4 Å². The first-order chi connectivity index (χ1) is 15.2. The summed E-state index contributed by atoms with van der Waals surface area (Å²) in [6, 6.07) is 3.68. The molecule has 0 aliphatic carbocycles. The number of amides is 2. The Kier molecular flexibility index (Phi) is 6.92. The number of pyridine rings is 1. The fraction of sp³-hybridized carbons (Fsp3) is 0.409. The van der Waals surface area contributed by atoms with Crippen molar-refractivity contribution in [2.75, 3.05) is 13.1 Å². The Morgan fingerprint density at radius 1 is 1.31 bits per heavy atom. The molecule has 0 aromatic carbocycles. The average molecular weight is 441 g/mol. The fourth-order valence-corrected chi connectivity index (χ4v) is 3.16. The van der Waals surface area contributed by atoms with Crippen LogP contribution < -0.4 is 10.9 Å². The van der Waals surface area contributed by atoms with Gasteiger partial charge >= 0.3 is 6.09 Å². The second-order valence-corrected chi connectivity index (χ2v) is 8.32. The number of rotatable bonds is 7. The minimum atomic E-state index is -0.626. The minimum absolute atomic E-state index is 0.115. The van der Waals surface area contributed by atoms with Crippen LogP contribution in [0.5, 0.6) is 0 Å². The van der Waals surface area contributed by atoms with E-state index < -0.39 is 23.2 Å². The topological polar surface area (TPSA) is 130 Å². The number of nitrogens with one attached hydrogen (secondary N) is 2. The molecule has 0 radical (unpaired) electrons. The largest absolute Gasteiger partial charge is 0.444 e. The molecule has 0 unspecified atom stereocenters. The van der Waals surface area contributed by atoms with Gasteiger partial charge in [-0.15, -0.1) is 0 Å². The summed E-state index contributed by atoms with van der Waals surface area (Å²) in [4.78, 5) is 49.5. The maximum absolute atomic E-state index is 12.7. The number of H-pyrrole nitrogens is 1. The van der Waals surface area contributed by atoms with Gasteiger partial charge in [-0.05, 0) is 45.7 Å². The zero-order valence-electron chi connectivity index (χ0n) is 18.6. The molecular weight excluding hydrogens is 414 g/mol. The van der Waals surface area contributed by atoms with Crippen molar-refractivity contribution in [3.05, 3.63) is 58.1 Å². The van der Waals surface area contributed by atoms with Crippen LogP contribution in [0.3, 0.4) is 0 Å². The van der Waals surface area contributed by atoms with Crippen LogP contribution >= 0.6 is 0 Å². The lowest BCUT2D eigenvalue weighted by Gasteiger charge is -2.27. The highest BCUT2D eigenvalue weighted by Gasteiger charge is 2.23. The van der Waals surface area contributed by atoms with Crippen molar-refractivity contribution >= 4 is 23.1 Å². The lowest BCUT2D eigenvalue weighted by atomic mass is 10.2. The zero-order chi connectivity index (χ0) is 23.3. The van der Waals surface area contributed by atoms with Gasteiger partial charge in [-0.25, -0.2) is 9.78 Å². The van der Waals surface area contributed by atoms with E-state index in [-0.39, 0.29) is 23.2 Å². The Balaban J connectivity index is 1.63. The normalized spacial score (nSPS) is 11.4. The number of hydrogen-bond donors (Lipinski definition) is 2. The third-order valence-electron chi connectivity index (χ3n) is 4.54.